The quantitative estimate of drug-likeness (QED) is 0.510. The number of hydrogen-bond acceptors (Lipinski definition) is 4. The number of aliphatic hydroxyl groups excluding tert-OH is 1. The van der Waals surface area contributed by atoms with Crippen LogP contribution < -0.4 is 10.6 Å². The summed E-state index contributed by atoms with van der Waals surface area (Å²) in [6, 6.07) is 16.0. The number of anilines is 2. The maximum Gasteiger partial charge on any atom is 0.221 e. The summed E-state index contributed by atoms with van der Waals surface area (Å²) in [5, 5.41) is 15.0. The van der Waals surface area contributed by atoms with Crippen LogP contribution in [0.5, 0.6) is 0 Å². The first-order valence-corrected chi connectivity index (χ1v) is 8.60. The van der Waals surface area contributed by atoms with E-state index in [9.17, 15) is 4.79 Å². The van der Waals surface area contributed by atoms with Gasteiger partial charge in [-0.05, 0) is 42.3 Å². The number of aliphatic hydroxyl groups is 1. The van der Waals surface area contributed by atoms with Crippen molar-refractivity contribution in [3.63, 3.8) is 0 Å². The van der Waals surface area contributed by atoms with Crippen molar-refractivity contribution >= 4 is 29.0 Å². The molecule has 0 atom stereocenters. The van der Waals surface area contributed by atoms with Gasteiger partial charge in [-0.1, -0.05) is 18.2 Å². The summed E-state index contributed by atoms with van der Waals surface area (Å²) in [6.07, 6.45) is 0.810. The summed E-state index contributed by atoms with van der Waals surface area (Å²) in [5.41, 5.74) is 2.92. The lowest BCUT2D eigenvalue weighted by molar-refractivity contribution is -0.114. The molecular formula is C18H22N2O2S. The number of carbonyl (C=O) groups excluding carboxylic acids is 1. The molecule has 0 unspecified atom stereocenters. The van der Waals surface area contributed by atoms with Crippen LogP contribution >= 0.6 is 11.8 Å². The zero-order valence-electron chi connectivity index (χ0n) is 13.2. The van der Waals surface area contributed by atoms with Gasteiger partial charge in [-0.15, -0.1) is 11.8 Å². The average molecular weight is 330 g/mol. The molecule has 4 nitrogen and oxygen atoms in total. The van der Waals surface area contributed by atoms with Gasteiger partial charge in [0.15, 0.2) is 0 Å². The van der Waals surface area contributed by atoms with Gasteiger partial charge in [-0.2, -0.15) is 0 Å². The van der Waals surface area contributed by atoms with Gasteiger partial charge in [0.2, 0.25) is 5.91 Å². The molecule has 0 bridgehead atoms. The van der Waals surface area contributed by atoms with Crippen LogP contribution in [-0.2, 0) is 11.3 Å². The molecule has 0 fully saturated rings. The standard InChI is InChI=1S/C18H22N2O2S/c1-14(22)20-18-6-3-2-5-15(18)13-19-16-7-9-17(10-8-16)23-12-4-11-21/h2-3,5-10,19,21H,4,11-13H2,1H3,(H,20,22). The molecule has 122 valence electrons. The Morgan fingerprint density at radius 2 is 1.87 bits per heavy atom. The smallest absolute Gasteiger partial charge is 0.221 e. The molecule has 0 aliphatic heterocycles. The van der Waals surface area contributed by atoms with E-state index in [-0.39, 0.29) is 12.5 Å². The largest absolute Gasteiger partial charge is 0.396 e. The van der Waals surface area contributed by atoms with Gasteiger partial charge in [0.1, 0.15) is 0 Å². The summed E-state index contributed by atoms with van der Waals surface area (Å²) >= 11 is 1.74. The van der Waals surface area contributed by atoms with E-state index < -0.39 is 0 Å². The van der Waals surface area contributed by atoms with Crippen LogP contribution in [0.3, 0.4) is 0 Å². The molecular weight excluding hydrogens is 308 g/mol. The second-order valence-electron chi connectivity index (χ2n) is 5.14. The van der Waals surface area contributed by atoms with Gasteiger partial charge in [-0.25, -0.2) is 0 Å². The number of hydrogen-bond donors (Lipinski definition) is 3. The molecule has 3 N–H and O–H groups in total. The minimum absolute atomic E-state index is 0.0679. The molecule has 0 radical (unpaired) electrons. The molecule has 5 heteroatoms. The predicted octanol–water partition coefficient (Wildman–Crippen LogP) is 3.73. The molecule has 2 aromatic rings. The van der Waals surface area contributed by atoms with E-state index in [1.807, 2.05) is 36.4 Å². The van der Waals surface area contributed by atoms with Crippen molar-refractivity contribution in [1.29, 1.82) is 0 Å². The number of carbonyl (C=O) groups is 1. The Balaban J connectivity index is 1.92. The van der Waals surface area contributed by atoms with Gasteiger partial charge in [0.05, 0.1) is 0 Å². The highest BCUT2D eigenvalue weighted by molar-refractivity contribution is 7.99. The Hall–Kier alpha value is -1.98. The fourth-order valence-electron chi connectivity index (χ4n) is 2.11. The molecule has 1 amide bonds. The third-order valence-corrected chi connectivity index (χ3v) is 4.33. The van der Waals surface area contributed by atoms with E-state index >= 15 is 0 Å². The Morgan fingerprint density at radius 1 is 1.13 bits per heavy atom. The van der Waals surface area contributed by atoms with Crippen molar-refractivity contribution in [2.45, 2.75) is 24.8 Å². The first-order valence-electron chi connectivity index (χ1n) is 7.62. The molecule has 0 saturated carbocycles. The second-order valence-corrected chi connectivity index (χ2v) is 6.31. The number of thioether (sulfide) groups is 1. The van der Waals surface area contributed by atoms with Crippen molar-refractivity contribution in [2.75, 3.05) is 23.0 Å². The van der Waals surface area contributed by atoms with E-state index in [0.29, 0.717) is 6.54 Å². The SMILES string of the molecule is CC(=O)Nc1ccccc1CNc1ccc(SCCCO)cc1. The topological polar surface area (TPSA) is 61.4 Å². The fourth-order valence-corrected chi connectivity index (χ4v) is 2.94. The van der Waals surface area contributed by atoms with E-state index in [2.05, 4.69) is 22.8 Å². The fraction of sp³-hybridized carbons (Fsp3) is 0.278. The minimum Gasteiger partial charge on any atom is -0.396 e. The lowest BCUT2D eigenvalue weighted by Crippen LogP contribution is -2.10. The lowest BCUT2D eigenvalue weighted by Gasteiger charge is -2.12. The number of rotatable bonds is 8. The van der Waals surface area contributed by atoms with Crippen molar-refractivity contribution < 1.29 is 9.90 Å². The van der Waals surface area contributed by atoms with Crippen LogP contribution in [0.15, 0.2) is 53.4 Å². The minimum atomic E-state index is -0.0679. The molecule has 0 aliphatic rings. The Labute approximate surface area is 141 Å². The monoisotopic (exact) mass is 330 g/mol. The number of benzene rings is 2. The zero-order valence-corrected chi connectivity index (χ0v) is 14.0. The van der Waals surface area contributed by atoms with E-state index in [1.165, 1.54) is 11.8 Å². The molecule has 0 spiro atoms. The van der Waals surface area contributed by atoms with Crippen LogP contribution in [0.4, 0.5) is 11.4 Å². The normalized spacial score (nSPS) is 10.3. The molecule has 0 aromatic heterocycles. The summed E-state index contributed by atoms with van der Waals surface area (Å²) in [4.78, 5) is 12.4. The number of amides is 1. The Bertz CT molecular complexity index is 629. The Morgan fingerprint density at radius 3 is 2.57 bits per heavy atom. The first kappa shape index (κ1) is 17.4. The predicted molar refractivity (Wildman–Crippen MR) is 96.9 cm³/mol. The molecule has 0 saturated heterocycles. The summed E-state index contributed by atoms with van der Waals surface area (Å²) in [7, 11) is 0. The van der Waals surface area contributed by atoms with Crippen LogP contribution in [0, 0.1) is 0 Å². The zero-order chi connectivity index (χ0) is 16.5. The highest BCUT2D eigenvalue weighted by Gasteiger charge is 2.03. The highest BCUT2D eigenvalue weighted by Crippen LogP contribution is 2.22. The van der Waals surface area contributed by atoms with Crippen LogP contribution in [0.25, 0.3) is 0 Å². The maximum atomic E-state index is 11.2. The molecule has 2 aromatic carbocycles. The van der Waals surface area contributed by atoms with E-state index in [1.54, 1.807) is 11.8 Å². The van der Waals surface area contributed by atoms with E-state index in [4.69, 9.17) is 5.11 Å². The molecule has 0 aliphatic carbocycles. The van der Waals surface area contributed by atoms with Crippen molar-refractivity contribution in [3.05, 3.63) is 54.1 Å². The number of nitrogens with one attached hydrogen (secondary N) is 2. The first-order chi connectivity index (χ1) is 11.2. The number of para-hydroxylation sites is 1. The molecule has 23 heavy (non-hydrogen) atoms. The van der Waals surface area contributed by atoms with Gasteiger partial charge in [0.25, 0.3) is 0 Å². The van der Waals surface area contributed by atoms with Gasteiger partial charge < -0.3 is 15.7 Å². The van der Waals surface area contributed by atoms with Crippen molar-refractivity contribution in [3.8, 4) is 0 Å². The summed E-state index contributed by atoms with van der Waals surface area (Å²) < 4.78 is 0. The Kier molecular flexibility index (Phi) is 6.97. The van der Waals surface area contributed by atoms with Crippen LogP contribution in [-0.4, -0.2) is 23.4 Å². The summed E-state index contributed by atoms with van der Waals surface area (Å²) in [6.45, 7) is 2.39. The average Bonchev–Trinajstić information content (AvgIpc) is 2.55. The molecule has 2 rings (SSSR count). The van der Waals surface area contributed by atoms with Crippen LogP contribution in [0.1, 0.15) is 18.9 Å². The third kappa shape index (κ3) is 5.96. The molecule has 0 heterocycles. The summed E-state index contributed by atoms with van der Waals surface area (Å²) in [5.74, 6) is 0.856. The van der Waals surface area contributed by atoms with Gasteiger partial charge in [0, 0.05) is 42.1 Å². The van der Waals surface area contributed by atoms with Crippen molar-refractivity contribution in [1.82, 2.24) is 0 Å². The maximum absolute atomic E-state index is 11.2. The second kappa shape index (κ2) is 9.22. The van der Waals surface area contributed by atoms with Crippen LogP contribution in [0.2, 0.25) is 0 Å². The van der Waals surface area contributed by atoms with Gasteiger partial charge >= 0.3 is 0 Å². The van der Waals surface area contributed by atoms with E-state index in [0.717, 1.165) is 29.1 Å². The van der Waals surface area contributed by atoms with Crippen molar-refractivity contribution in [2.24, 2.45) is 0 Å². The van der Waals surface area contributed by atoms with Gasteiger partial charge in [-0.3, -0.25) is 4.79 Å². The highest BCUT2D eigenvalue weighted by atomic mass is 32.2. The third-order valence-electron chi connectivity index (χ3n) is 3.24. The lowest BCUT2D eigenvalue weighted by atomic mass is 10.1.